The predicted octanol–water partition coefficient (Wildman–Crippen LogP) is 5.05. The lowest BCUT2D eigenvalue weighted by Crippen LogP contribution is -2.15. The molecule has 3 heteroatoms. The molecule has 0 amide bonds. The molecule has 2 atom stereocenters. The molecule has 0 bridgehead atoms. The van der Waals surface area contributed by atoms with Crippen molar-refractivity contribution >= 4 is 5.78 Å². The molecule has 0 fully saturated rings. The highest BCUT2D eigenvalue weighted by atomic mass is 16.7. The van der Waals surface area contributed by atoms with Gasteiger partial charge in [-0.3, -0.25) is 4.79 Å². The second-order valence-electron chi connectivity index (χ2n) is 6.01. The number of fused-ring (bicyclic) bond motifs is 1. The summed E-state index contributed by atoms with van der Waals surface area (Å²) in [4.78, 5) is 11.7. The van der Waals surface area contributed by atoms with Crippen LogP contribution in [0.1, 0.15) is 76.8 Å². The zero-order valence-electron chi connectivity index (χ0n) is 15.3. The Kier molecular flexibility index (Phi) is 9.12. The van der Waals surface area contributed by atoms with Crippen molar-refractivity contribution in [1.29, 1.82) is 0 Å². The number of benzene rings is 1. The monoisotopic (exact) mass is 320 g/mol. The zero-order valence-corrected chi connectivity index (χ0v) is 15.3. The number of hydrogen-bond donors (Lipinski definition) is 0. The van der Waals surface area contributed by atoms with E-state index in [2.05, 4.69) is 32.0 Å². The first kappa shape index (κ1) is 19.9. The lowest BCUT2D eigenvalue weighted by Gasteiger charge is -2.13. The van der Waals surface area contributed by atoms with Crippen LogP contribution >= 0.6 is 0 Å². The lowest BCUT2D eigenvalue weighted by atomic mass is 9.91. The number of ketones is 1. The fraction of sp³-hybridized carbons (Fsp3) is 0.650. The van der Waals surface area contributed by atoms with Gasteiger partial charge in [0.05, 0.1) is 0 Å². The molecule has 23 heavy (non-hydrogen) atoms. The molecule has 3 nitrogen and oxygen atoms in total. The smallest absolute Gasteiger partial charge is 0.157 e. The predicted molar refractivity (Wildman–Crippen MR) is 94.8 cm³/mol. The summed E-state index contributed by atoms with van der Waals surface area (Å²) in [5.41, 5.74) is 2.60. The summed E-state index contributed by atoms with van der Waals surface area (Å²) >= 11 is 0. The molecule has 0 heterocycles. The number of rotatable bonds is 5. The van der Waals surface area contributed by atoms with E-state index in [1.165, 1.54) is 11.1 Å². The van der Waals surface area contributed by atoms with E-state index in [1.807, 2.05) is 26.8 Å². The highest BCUT2D eigenvalue weighted by molar-refractivity contribution is 5.86. The normalized spacial score (nSPS) is 20.5. The van der Waals surface area contributed by atoms with Gasteiger partial charge in [0.1, 0.15) is 5.78 Å². The van der Waals surface area contributed by atoms with Crippen LogP contribution in [0.25, 0.3) is 0 Å². The second-order valence-corrected chi connectivity index (χ2v) is 6.01. The largest absolute Gasteiger partial charge is 0.353 e. The molecule has 0 N–H and O–H groups in total. The molecule has 0 aliphatic heterocycles. The molecule has 130 valence electrons. The van der Waals surface area contributed by atoms with E-state index < -0.39 is 0 Å². The van der Waals surface area contributed by atoms with Crippen LogP contribution in [0, 0.1) is 0 Å². The van der Waals surface area contributed by atoms with E-state index in [9.17, 15) is 4.79 Å². The number of hydrogen-bond acceptors (Lipinski definition) is 3. The Labute approximate surface area is 141 Å². The minimum Gasteiger partial charge on any atom is -0.353 e. The van der Waals surface area contributed by atoms with Gasteiger partial charge in [-0.25, -0.2) is 0 Å². The summed E-state index contributed by atoms with van der Waals surface area (Å²) in [5.74, 6) is 1.01. The third kappa shape index (κ3) is 6.08. The van der Waals surface area contributed by atoms with Gasteiger partial charge in [0.25, 0.3) is 0 Å². The summed E-state index contributed by atoms with van der Waals surface area (Å²) in [5, 5.41) is 0. The minimum atomic E-state index is 0.0139. The van der Waals surface area contributed by atoms with Crippen molar-refractivity contribution in [3.8, 4) is 0 Å². The standard InChI is InChI=1S/C13H16O.C7H16O2/c1-9-7-8-13(14)10(2)12-6-4-3-5-11(9)12;1-4-7(8-5-2)9-6-3/h3-6,9-10H,7-8H2,1-2H3;7H,4-6H2,1-3H3. The highest BCUT2D eigenvalue weighted by Crippen LogP contribution is 2.34. The first-order valence-corrected chi connectivity index (χ1v) is 8.89. The van der Waals surface area contributed by atoms with Gasteiger partial charge >= 0.3 is 0 Å². The van der Waals surface area contributed by atoms with Crippen molar-refractivity contribution in [2.45, 2.75) is 72.0 Å². The first-order valence-electron chi connectivity index (χ1n) is 8.89. The van der Waals surface area contributed by atoms with Crippen LogP contribution in [0.3, 0.4) is 0 Å². The average Bonchev–Trinajstić information content (AvgIpc) is 2.68. The van der Waals surface area contributed by atoms with Gasteiger partial charge in [-0.2, -0.15) is 0 Å². The van der Waals surface area contributed by atoms with Crippen molar-refractivity contribution in [3.05, 3.63) is 35.4 Å². The van der Waals surface area contributed by atoms with Gasteiger partial charge in [-0.15, -0.1) is 0 Å². The number of carbonyl (C=O) groups excluding carboxylic acids is 1. The average molecular weight is 320 g/mol. The van der Waals surface area contributed by atoms with Crippen LogP contribution in [0.15, 0.2) is 24.3 Å². The Bertz CT molecular complexity index is 464. The molecule has 0 aromatic heterocycles. The van der Waals surface area contributed by atoms with Crippen LogP contribution in [0.5, 0.6) is 0 Å². The van der Waals surface area contributed by atoms with Gasteiger partial charge in [0, 0.05) is 25.6 Å². The number of ether oxygens (including phenoxy) is 2. The van der Waals surface area contributed by atoms with Crippen molar-refractivity contribution in [1.82, 2.24) is 0 Å². The van der Waals surface area contributed by atoms with E-state index in [0.717, 1.165) is 32.5 Å². The van der Waals surface area contributed by atoms with E-state index in [1.54, 1.807) is 0 Å². The molecular formula is C20H32O3. The fourth-order valence-corrected chi connectivity index (χ4v) is 2.91. The first-order chi connectivity index (χ1) is 11.0. The lowest BCUT2D eigenvalue weighted by molar-refractivity contribution is -0.136. The molecule has 2 unspecified atom stereocenters. The maximum atomic E-state index is 11.7. The Balaban J connectivity index is 0.000000257. The second kappa shape index (κ2) is 10.6. The van der Waals surface area contributed by atoms with E-state index in [-0.39, 0.29) is 12.2 Å². The SMILES string of the molecule is CC1CCC(=O)C(C)c2ccccc21.CCOC(CC)OCC. The molecule has 1 aromatic rings. The topological polar surface area (TPSA) is 35.5 Å². The van der Waals surface area contributed by atoms with Crippen molar-refractivity contribution in [2.75, 3.05) is 13.2 Å². The van der Waals surface area contributed by atoms with Gasteiger partial charge in [0.2, 0.25) is 0 Å². The maximum absolute atomic E-state index is 11.7. The number of carbonyl (C=O) groups is 1. The van der Waals surface area contributed by atoms with Crippen LogP contribution in [-0.2, 0) is 14.3 Å². The molecule has 2 rings (SSSR count). The van der Waals surface area contributed by atoms with Crippen molar-refractivity contribution < 1.29 is 14.3 Å². The summed E-state index contributed by atoms with van der Waals surface area (Å²) in [6.07, 6.45) is 2.68. The summed E-state index contributed by atoms with van der Waals surface area (Å²) < 4.78 is 10.4. The molecular weight excluding hydrogens is 288 g/mol. The van der Waals surface area contributed by atoms with Gasteiger partial charge in [-0.05, 0) is 43.7 Å². The van der Waals surface area contributed by atoms with Crippen molar-refractivity contribution in [2.24, 2.45) is 0 Å². The Hall–Kier alpha value is -1.19. The molecule has 0 saturated carbocycles. The number of Topliss-reactive ketones (excluding diaryl/α,β-unsaturated/α-hetero) is 1. The van der Waals surface area contributed by atoms with Gasteiger partial charge in [-0.1, -0.05) is 45.0 Å². The fourth-order valence-electron chi connectivity index (χ4n) is 2.91. The quantitative estimate of drug-likeness (QED) is 0.562. The molecule has 1 aliphatic carbocycles. The Morgan fingerprint density at radius 3 is 2.13 bits per heavy atom. The molecule has 0 saturated heterocycles. The molecule has 1 aromatic carbocycles. The van der Waals surface area contributed by atoms with Gasteiger partial charge < -0.3 is 9.47 Å². The van der Waals surface area contributed by atoms with Gasteiger partial charge in [0.15, 0.2) is 6.29 Å². The van der Waals surface area contributed by atoms with Crippen LogP contribution in [-0.4, -0.2) is 25.3 Å². The third-order valence-electron chi connectivity index (χ3n) is 4.34. The van der Waals surface area contributed by atoms with E-state index >= 15 is 0 Å². The van der Waals surface area contributed by atoms with Crippen LogP contribution in [0.4, 0.5) is 0 Å². The van der Waals surface area contributed by atoms with Crippen LogP contribution < -0.4 is 0 Å². The zero-order chi connectivity index (χ0) is 17.2. The third-order valence-corrected chi connectivity index (χ3v) is 4.34. The summed E-state index contributed by atoms with van der Waals surface area (Å²) in [6, 6.07) is 8.35. The molecule has 0 radical (unpaired) electrons. The molecule has 1 aliphatic rings. The maximum Gasteiger partial charge on any atom is 0.157 e. The van der Waals surface area contributed by atoms with E-state index in [4.69, 9.17) is 9.47 Å². The molecule has 0 spiro atoms. The van der Waals surface area contributed by atoms with Crippen LogP contribution in [0.2, 0.25) is 0 Å². The minimum absolute atomic E-state index is 0.0139. The Morgan fingerprint density at radius 1 is 1.04 bits per heavy atom. The summed E-state index contributed by atoms with van der Waals surface area (Å²) in [6.45, 7) is 11.7. The highest BCUT2D eigenvalue weighted by Gasteiger charge is 2.24. The Morgan fingerprint density at radius 2 is 1.61 bits per heavy atom. The van der Waals surface area contributed by atoms with E-state index in [0.29, 0.717) is 11.7 Å². The van der Waals surface area contributed by atoms with Crippen molar-refractivity contribution in [3.63, 3.8) is 0 Å². The summed E-state index contributed by atoms with van der Waals surface area (Å²) in [7, 11) is 0.